The third-order valence-electron chi connectivity index (χ3n) is 3.09. The van der Waals surface area contributed by atoms with E-state index in [9.17, 15) is 19.7 Å². The SMILES string of the molecule is CCC(=O)CCCn1c(=O)oc2ccc([N+](=O)[O-])cc21. The van der Waals surface area contributed by atoms with Gasteiger partial charge in [-0.3, -0.25) is 19.5 Å². The highest BCUT2D eigenvalue weighted by molar-refractivity contribution is 5.78. The summed E-state index contributed by atoms with van der Waals surface area (Å²) < 4.78 is 6.34. The van der Waals surface area contributed by atoms with Gasteiger partial charge in [-0.15, -0.1) is 0 Å². The first kappa shape index (κ1) is 14.0. The third-order valence-corrected chi connectivity index (χ3v) is 3.09. The zero-order chi connectivity index (χ0) is 14.7. The number of Topliss-reactive ketones (excluding diaryl/α,β-unsaturated/α-hetero) is 1. The number of aryl methyl sites for hydroxylation is 1. The van der Waals surface area contributed by atoms with E-state index in [1.807, 2.05) is 0 Å². The number of oxazole rings is 1. The van der Waals surface area contributed by atoms with Gasteiger partial charge in [0.15, 0.2) is 5.58 Å². The number of nitro benzene ring substituents is 1. The highest BCUT2D eigenvalue weighted by Crippen LogP contribution is 2.20. The van der Waals surface area contributed by atoms with E-state index < -0.39 is 10.7 Å². The molecule has 106 valence electrons. The molecule has 0 radical (unpaired) electrons. The lowest BCUT2D eigenvalue weighted by Gasteiger charge is -2.01. The van der Waals surface area contributed by atoms with Crippen molar-refractivity contribution in [1.82, 2.24) is 4.57 Å². The molecule has 0 amide bonds. The van der Waals surface area contributed by atoms with Crippen molar-refractivity contribution in [2.24, 2.45) is 0 Å². The van der Waals surface area contributed by atoms with Gasteiger partial charge in [0.1, 0.15) is 5.78 Å². The number of hydrogen-bond donors (Lipinski definition) is 0. The molecule has 0 atom stereocenters. The van der Waals surface area contributed by atoms with Crippen molar-refractivity contribution in [3.05, 3.63) is 38.9 Å². The fourth-order valence-corrected chi connectivity index (χ4v) is 1.99. The number of carbonyl (C=O) groups excluding carboxylic acids is 1. The van der Waals surface area contributed by atoms with Crippen LogP contribution < -0.4 is 5.76 Å². The smallest absolute Gasteiger partial charge is 0.408 e. The molecule has 0 saturated carbocycles. The maximum absolute atomic E-state index is 11.7. The summed E-state index contributed by atoms with van der Waals surface area (Å²) in [6.45, 7) is 2.09. The number of nitrogens with zero attached hydrogens (tertiary/aromatic N) is 2. The molecule has 20 heavy (non-hydrogen) atoms. The van der Waals surface area contributed by atoms with Crippen molar-refractivity contribution in [2.75, 3.05) is 0 Å². The molecule has 7 nitrogen and oxygen atoms in total. The summed E-state index contributed by atoms with van der Waals surface area (Å²) in [7, 11) is 0. The summed E-state index contributed by atoms with van der Waals surface area (Å²) in [4.78, 5) is 33.2. The van der Waals surface area contributed by atoms with Gasteiger partial charge in [0.05, 0.1) is 10.4 Å². The van der Waals surface area contributed by atoms with E-state index in [4.69, 9.17) is 4.42 Å². The fraction of sp³-hybridized carbons (Fsp3) is 0.385. The summed E-state index contributed by atoms with van der Waals surface area (Å²) in [6, 6.07) is 4.00. The minimum Gasteiger partial charge on any atom is -0.408 e. The molecular formula is C13H14N2O5. The van der Waals surface area contributed by atoms with Gasteiger partial charge in [-0.25, -0.2) is 4.79 Å². The Morgan fingerprint density at radius 3 is 2.85 bits per heavy atom. The minimum atomic E-state index is -0.565. The van der Waals surface area contributed by atoms with Gasteiger partial charge in [-0.05, 0) is 12.5 Å². The van der Waals surface area contributed by atoms with Crippen LogP contribution in [0.25, 0.3) is 11.1 Å². The Bertz CT molecular complexity index is 713. The number of carbonyl (C=O) groups is 1. The molecule has 1 aromatic heterocycles. The van der Waals surface area contributed by atoms with Gasteiger partial charge >= 0.3 is 5.76 Å². The zero-order valence-electron chi connectivity index (χ0n) is 11.0. The summed E-state index contributed by atoms with van der Waals surface area (Å²) >= 11 is 0. The number of nitro groups is 1. The van der Waals surface area contributed by atoms with E-state index in [-0.39, 0.29) is 11.5 Å². The van der Waals surface area contributed by atoms with Gasteiger partial charge < -0.3 is 4.42 Å². The van der Waals surface area contributed by atoms with Gasteiger partial charge in [0.25, 0.3) is 5.69 Å². The summed E-state index contributed by atoms with van der Waals surface area (Å²) in [6.07, 6.45) is 1.35. The number of non-ortho nitro benzene ring substituents is 1. The molecule has 2 rings (SSSR count). The largest absolute Gasteiger partial charge is 0.419 e. The highest BCUT2D eigenvalue weighted by atomic mass is 16.6. The number of aromatic nitrogens is 1. The van der Waals surface area contributed by atoms with Crippen LogP contribution in [0.1, 0.15) is 26.2 Å². The Morgan fingerprint density at radius 2 is 2.20 bits per heavy atom. The van der Waals surface area contributed by atoms with Crippen LogP contribution in [-0.4, -0.2) is 15.3 Å². The molecule has 0 N–H and O–H groups in total. The van der Waals surface area contributed by atoms with Gasteiger partial charge in [0, 0.05) is 31.5 Å². The molecule has 0 aliphatic carbocycles. The third kappa shape index (κ3) is 2.76. The average Bonchev–Trinajstić information content (AvgIpc) is 2.74. The number of rotatable bonds is 6. The van der Waals surface area contributed by atoms with Crippen LogP contribution in [0.3, 0.4) is 0 Å². The van der Waals surface area contributed by atoms with Crippen LogP contribution in [0.4, 0.5) is 5.69 Å². The zero-order valence-corrected chi connectivity index (χ0v) is 11.0. The van der Waals surface area contributed by atoms with E-state index in [0.717, 1.165) is 0 Å². The van der Waals surface area contributed by atoms with Crippen LogP contribution >= 0.6 is 0 Å². The fourth-order valence-electron chi connectivity index (χ4n) is 1.99. The monoisotopic (exact) mass is 278 g/mol. The number of hydrogen-bond acceptors (Lipinski definition) is 5. The second kappa shape index (κ2) is 5.68. The maximum atomic E-state index is 11.7. The van der Waals surface area contributed by atoms with Crippen molar-refractivity contribution < 1.29 is 14.1 Å². The van der Waals surface area contributed by atoms with Crippen molar-refractivity contribution >= 4 is 22.6 Å². The predicted octanol–water partition coefficient (Wildman–Crippen LogP) is 2.26. The molecule has 0 aliphatic heterocycles. The van der Waals surface area contributed by atoms with Crippen molar-refractivity contribution in [1.29, 1.82) is 0 Å². The lowest BCUT2D eigenvalue weighted by Crippen LogP contribution is -2.14. The van der Waals surface area contributed by atoms with Crippen LogP contribution in [0, 0.1) is 10.1 Å². The van der Waals surface area contributed by atoms with Crippen LogP contribution in [0.5, 0.6) is 0 Å². The van der Waals surface area contributed by atoms with E-state index in [2.05, 4.69) is 0 Å². The van der Waals surface area contributed by atoms with Crippen molar-refractivity contribution in [3.8, 4) is 0 Å². The van der Waals surface area contributed by atoms with Crippen LogP contribution in [0.15, 0.2) is 27.4 Å². The molecule has 1 heterocycles. The first-order valence-corrected chi connectivity index (χ1v) is 6.32. The summed E-state index contributed by atoms with van der Waals surface area (Å²) in [5.74, 6) is -0.443. The number of benzene rings is 1. The second-order valence-electron chi connectivity index (χ2n) is 4.42. The lowest BCUT2D eigenvalue weighted by atomic mass is 10.2. The van der Waals surface area contributed by atoms with Crippen molar-refractivity contribution in [2.45, 2.75) is 32.7 Å². The Morgan fingerprint density at radius 1 is 1.45 bits per heavy atom. The van der Waals surface area contributed by atoms with Crippen molar-refractivity contribution in [3.63, 3.8) is 0 Å². The van der Waals surface area contributed by atoms with Crippen LogP contribution in [0.2, 0.25) is 0 Å². The van der Waals surface area contributed by atoms with E-state index >= 15 is 0 Å². The molecule has 1 aromatic carbocycles. The molecule has 2 aromatic rings. The molecule has 0 saturated heterocycles. The van der Waals surface area contributed by atoms with Gasteiger partial charge in [0.2, 0.25) is 0 Å². The predicted molar refractivity (Wildman–Crippen MR) is 71.7 cm³/mol. The molecule has 0 fully saturated rings. The van der Waals surface area contributed by atoms with Gasteiger partial charge in [-0.2, -0.15) is 0 Å². The summed E-state index contributed by atoms with van der Waals surface area (Å²) in [5, 5.41) is 10.7. The summed E-state index contributed by atoms with van der Waals surface area (Å²) in [5.41, 5.74) is 0.590. The number of fused-ring (bicyclic) bond motifs is 1. The Balaban J connectivity index is 2.29. The van der Waals surface area contributed by atoms with E-state index in [1.165, 1.54) is 22.8 Å². The highest BCUT2D eigenvalue weighted by Gasteiger charge is 2.14. The molecule has 0 aliphatic rings. The number of ketones is 1. The molecule has 0 unspecified atom stereocenters. The first-order chi connectivity index (χ1) is 9.52. The van der Waals surface area contributed by atoms with Gasteiger partial charge in [-0.1, -0.05) is 6.92 Å². The average molecular weight is 278 g/mol. The molecular weight excluding hydrogens is 264 g/mol. The van der Waals surface area contributed by atoms with E-state index in [1.54, 1.807) is 6.92 Å². The molecule has 7 heteroatoms. The first-order valence-electron chi connectivity index (χ1n) is 6.32. The Kier molecular flexibility index (Phi) is 3.97. The molecule has 0 spiro atoms. The normalized spacial score (nSPS) is 10.8. The van der Waals surface area contributed by atoms with E-state index in [0.29, 0.717) is 36.9 Å². The Labute approximate surface area is 114 Å². The quantitative estimate of drug-likeness (QED) is 0.596. The maximum Gasteiger partial charge on any atom is 0.419 e. The minimum absolute atomic E-state index is 0.100. The molecule has 0 bridgehead atoms. The Hall–Kier alpha value is -2.44. The van der Waals surface area contributed by atoms with Crippen LogP contribution in [-0.2, 0) is 11.3 Å². The topological polar surface area (TPSA) is 95.3 Å². The lowest BCUT2D eigenvalue weighted by molar-refractivity contribution is -0.384. The second-order valence-corrected chi connectivity index (χ2v) is 4.42. The standard InChI is InChI=1S/C13H14N2O5/c1-2-10(16)4-3-7-14-11-8-9(15(18)19)5-6-12(11)20-13(14)17/h5-6,8H,2-4,7H2,1H3.